The summed E-state index contributed by atoms with van der Waals surface area (Å²) in [6.45, 7) is 7.22. The third-order valence-electron chi connectivity index (χ3n) is 4.03. The predicted molar refractivity (Wildman–Crippen MR) is 84.2 cm³/mol. The van der Waals surface area contributed by atoms with Gasteiger partial charge in [0.05, 0.1) is 24.9 Å². The van der Waals surface area contributed by atoms with Crippen molar-refractivity contribution in [2.24, 2.45) is 0 Å². The van der Waals surface area contributed by atoms with Crippen LogP contribution in [0.4, 0.5) is 0 Å². The average Bonchev–Trinajstić information content (AvgIpc) is 3.28. The maximum atomic E-state index is 12.1. The van der Waals surface area contributed by atoms with Gasteiger partial charge in [0.25, 0.3) is 5.91 Å². The zero-order valence-electron chi connectivity index (χ0n) is 13.9. The van der Waals surface area contributed by atoms with Gasteiger partial charge in [-0.2, -0.15) is 0 Å². The quantitative estimate of drug-likeness (QED) is 0.820. The summed E-state index contributed by atoms with van der Waals surface area (Å²) in [5.74, 6) is 0.869. The molecule has 0 radical (unpaired) electrons. The van der Waals surface area contributed by atoms with E-state index in [1.807, 2.05) is 13.8 Å². The molecule has 1 aliphatic rings. The molecular weight excluding hydrogens is 312 g/mol. The minimum absolute atomic E-state index is 0.266. The van der Waals surface area contributed by atoms with Crippen molar-refractivity contribution >= 4 is 5.91 Å². The van der Waals surface area contributed by atoms with Gasteiger partial charge in [0.1, 0.15) is 12.0 Å². The molecule has 8 nitrogen and oxygen atoms in total. The number of hydrogen-bond donors (Lipinski definition) is 1. The zero-order valence-corrected chi connectivity index (χ0v) is 13.9. The number of carbonyl (C=O) groups is 1. The summed E-state index contributed by atoms with van der Waals surface area (Å²) in [5, 5.41) is 2.74. The lowest BCUT2D eigenvalue weighted by Gasteiger charge is -2.13. The standard InChI is InChI=1S/C16H22N4O4/c1-3-22-12-4-5-20(7-12)8-15-19-13(9-23-15)16(21)17-6-14-11(2)18-10-24-14/h9-10,12H,3-8H2,1-2H3,(H,17,21). The van der Waals surface area contributed by atoms with E-state index in [0.717, 1.165) is 31.8 Å². The number of aryl methyl sites for hydroxylation is 1. The summed E-state index contributed by atoms with van der Waals surface area (Å²) in [6, 6.07) is 0. The Morgan fingerprint density at radius 3 is 3.12 bits per heavy atom. The van der Waals surface area contributed by atoms with Crippen LogP contribution in [0.2, 0.25) is 0 Å². The molecule has 2 aromatic rings. The fourth-order valence-corrected chi connectivity index (χ4v) is 2.74. The maximum Gasteiger partial charge on any atom is 0.273 e. The van der Waals surface area contributed by atoms with Gasteiger partial charge in [-0.1, -0.05) is 0 Å². The molecule has 24 heavy (non-hydrogen) atoms. The second-order valence-electron chi connectivity index (χ2n) is 5.77. The highest BCUT2D eigenvalue weighted by Gasteiger charge is 2.24. The molecule has 0 bridgehead atoms. The number of hydrogen-bond acceptors (Lipinski definition) is 7. The summed E-state index contributed by atoms with van der Waals surface area (Å²) >= 11 is 0. The molecule has 1 N–H and O–H groups in total. The molecular formula is C16H22N4O4. The molecule has 2 aromatic heterocycles. The molecule has 1 aliphatic heterocycles. The van der Waals surface area contributed by atoms with E-state index in [9.17, 15) is 4.79 Å². The first-order chi connectivity index (χ1) is 11.7. The number of nitrogens with one attached hydrogen (secondary N) is 1. The normalized spacial score (nSPS) is 18.2. The number of ether oxygens (including phenoxy) is 1. The van der Waals surface area contributed by atoms with Gasteiger partial charge >= 0.3 is 0 Å². The number of oxazole rings is 2. The van der Waals surface area contributed by atoms with Gasteiger partial charge in [-0.05, 0) is 20.3 Å². The highest BCUT2D eigenvalue weighted by molar-refractivity contribution is 5.91. The molecule has 8 heteroatoms. The topological polar surface area (TPSA) is 93.6 Å². The van der Waals surface area contributed by atoms with Gasteiger partial charge < -0.3 is 18.9 Å². The molecule has 0 spiro atoms. The van der Waals surface area contributed by atoms with Crippen LogP contribution in [-0.4, -0.2) is 46.6 Å². The third kappa shape index (κ3) is 4.01. The van der Waals surface area contributed by atoms with Crippen LogP contribution in [0.1, 0.15) is 41.2 Å². The SMILES string of the molecule is CCOC1CCN(Cc2nc(C(=O)NCc3ocnc3C)co2)C1. The molecule has 1 fully saturated rings. The van der Waals surface area contributed by atoms with Crippen LogP contribution in [-0.2, 0) is 17.8 Å². The first-order valence-electron chi connectivity index (χ1n) is 8.11. The van der Waals surface area contributed by atoms with E-state index in [2.05, 4.69) is 20.2 Å². The summed E-state index contributed by atoms with van der Waals surface area (Å²) < 4.78 is 16.2. The lowest BCUT2D eigenvalue weighted by Crippen LogP contribution is -2.24. The number of likely N-dealkylation sites (tertiary alicyclic amines) is 1. The fraction of sp³-hybridized carbons (Fsp3) is 0.562. The van der Waals surface area contributed by atoms with Crippen molar-refractivity contribution in [3.8, 4) is 0 Å². The third-order valence-corrected chi connectivity index (χ3v) is 4.03. The Morgan fingerprint density at radius 1 is 1.50 bits per heavy atom. The minimum Gasteiger partial charge on any atom is -0.447 e. The van der Waals surface area contributed by atoms with E-state index in [4.69, 9.17) is 13.6 Å². The van der Waals surface area contributed by atoms with Crippen LogP contribution in [0.5, 0.6) is 0 Å². The number of amides is 1. The van der Waals surface area contributed by atoms with Crippen LogP contribution in [0.15, 0.2) is 21.5 Å². The van der Waals surface area contributed by atoms with Crippen LogP contribution < -0.4 is 5.32 Å². The van der Waals surface area contributed by atoms with E-state index in [1.165, 1.54) is 12.7 Å². The van der Waals surface area contributed by atoms with E-state index < -0.39 is 0 Å². The van der Waals surface area contributed by atoms with Crippen molar-refractivity contribution in [3.05, 3.63) is 35.7 Å². The summed E-state index contributed by atoms with van der Waals surface area (Å²) in [5.41, 5.74) is 1.02. The van der Waals surface area contributed by atoms with Gasteiger partial charge in [-0.3, -0.25) is 9.69 Å². The monoisotopic (exact) mass is 334 g/mol. The molecule has 1 saturated heterocycles. The Kier molecular flexibility index (Phi) is 5.27. The Labute approximate surface area is 140 Å². The predicted octanol–water partition coefficient (Wildman–Crippen LogP) is 1.51. The maximum absolute atomic E-state index is 12.1. The highest BCUT2D eigenvalue weighted by atomic mass is 16.5. The molecule has 0 aliphatic carbocycles. The van der Waals surface area contributed by atoms with Gasteiger partial charge in [-0.15, -0.1) is 0 Å². The Morgan fingerprint density at radius 2 is 2.38 bits per heavy atom. The lowest BCUT2D eigenvalue weighted by atomic mass is 10.3. The molecule has 1 atom stereocenters. The van der Waals surface area contributed by atoms with Crippen molar-refractivity contribution in [2.75, 3.05) is 19.7 Å². The van der Waals surface area contributed by atoms with Crippen LogP contribution in [0.25, 0.3) is 0 Å². The molecule has 3 rings (SSSR count). The van der Waals surface area contributed by atoms with Crippen molar-refractivity contribution in [2.45, 2.75) is 39.5 Å². The number of rotatable bonds is 7. The minimum atomic E-state index is -0.297. The van der Waals surface area contributed by atoms with Crippen molar-refractivity contribution < 1.29 is 18.4 Å². The largest absolute Gasteiger partial charge is 0.447 e. The zero-order chi connectivity index (χ0) is 16.9. The van der Waals surface area contributed by atoms with E-state index in [0.29, 0.717) is 18.2 Å². The molecule has 3 heterocycles. The summed E-state index contributed by atoms with van der Waals surface area (Å²) in [7, 11) is 0. The van der Waals surface area contributed by atoms with E-state index in [1.54, 1.807) is 0 Å². The van der Waals surface area contributed by atoms with Crippen molar-refractivity contribution in [3.63, 3.8) is 0 Å². The summed E-state index contributed by atoms with van der Waals surface area (Å²) in [4.78, 5) is 22.6. The molecule has 0 saturated carbocycles. The number of nitrogens with zero attached hydrogens (tertiary/aromatic N) is 3. The first-order valence-corrected chi connectivity index (χ1v) is 8.11. The van der Waals surface area contributed by atoms with Gasteiger partial charge in [0.15, 0.2) is 12.1 Å². The first kappa shape index (κ1) is 16.7. The van der Waals surface area contributed by atoms with Crippen molar-refractivity contribution in [1.29, 1.82) is 0 Å². The Hall–Kier alpha value is -2.19. The van der Waals surface area contributed by atoms with E-state index >= 15 is 0 Å². The lowest BCUT2D eigenvalue weighted by molar-refractivity contribution is 0.0675. The fourth-order valence-electron chi connectivity index (χ4n) is 2.74. The van der Waals surface area contributed by atoms with Crippen molar-refractivity contribution in [1.82, 2.24) is 20.2 Å². The van der Waals surface area contributed by atoms with Gasteiger partial charge in [0.2, 0.25) is 5.89 Å². The van der Waals surface area contributed by atoms with E-state index in [-0.39, 0.29) is 24.2 Å². The Bertz CT molecular complexity index is 681. The second-order valence-corrected chi connectivity index (χ2v) is 5.77. The summed E-state index contributed by atoms with van der Waals surface area (Å²) in [6.07, 6.45) is 4.03. The molecule has 1 unspecified atom stereocenters. The van der Waals surface area contributed by atoms with Crippen LogP contribution in [0, 0.1) is 6.92 Å². The second kappa shape index (κ2) is 7.59. The van der Waals surface area contributed by atoms with Crippen LogP contribution >= 0.6 is 0 Å². The highest BCUT2D eigenvalue weighted by Crippen LogP contribution is 2.16. The number of aromatic nitrogens is 2. The molecule has 0 aromatic carbocycles. The Balaban J connectivity index is 1.50. The van der Waals surface area contributed by atoms with Crippen LogP contribution in [0.3, 0.4) is 0 Å². The van der Waals surface area contributed by atoms with Gasteiger partial charge in [0, 0.05) is 19.7 Å². The smallest absolute Gasteiger partial charge is 0.273 e. The van der Waals surface area contributed by atoms with Gasteiger partial charge in [-0.25, -0.2) is 9.97 Å². The molecule has 130 valence electrons. The average molecular weight is 334 g/mol. The molecule has 1 amide bonds. The number of carbonyl (C=O) groups excluding carboxylic acids is 1.